The monoisotopic (exact) mass is 352 g/mol. The van der Waals surface area contributed by atoms with Crippen molar-refractivity contribution in [2.75, 3.05) is 11.9 Å². The molecule has 23 heavy (non-hydrogen) atoms. The van der Waals surface area contributed by atoms with Crippen LogP contribution in [0.3, 0.4) is 0 Å². The maximum atomic E-state index is 10.6. The molecular formula is C15H17ClN4O2S. The molecule has 2 rings (SSSR count). The van der Waals surface area contributed by atoms with Crippen LogP contribution in [0.25, 0.3) is 0 Å². The van der Waals surface area contributed by atoms with Crippen LogP contribution >= 0.6 is 23.4 Å². The quantitative estimate of drug-likeness (QED) is 0.353. The largest absolute Gasteiger partial charge is 0.365 e. The van der Waals surface area contributed by atoms with E-state index in [1.54, 1.807) is 6.92 Å². The maximum Gasteiger partial charge on any atom is 0.215 e. The van der Waals surface area contributed by atoms with Crippen LogP contribution in [0.15, 0.2) is 35.5 Å². The SMILES string of the molecule is Cc1ccc(CNc2ncnc(Cl)c2SC(C)C[N+](=O)[O-])cc1. The van der Waals surface area contributed by atoms with Crippen molar-refractivity contribution in [3.8, 4) is 0 Å². The first-order valence-electron chi connectivity index (χ1n) is 7.04. The lowest BCUT2D eigenvalue weighted by Gasteiger charge is -2.13. The molecule has 1 aromatic carbocycles. The summed E-state index contributed by atoms with van der Waals surface area (Å²) in [4.78, 5) is 19.1. The zero-order chi connectivity index (χ0) is 16.8. The van der Waals surface area contributed by atoms with Gasteiger partial charge in [0.2, 0.25) is 6.54 Å². The summed E-state index contributed by atoms with van der Waals surface area (Å²) in [6.07, 6.45) is 1.38. The molecule has 8 heteroatoms. The molecule has 0 fully saturated rings. The molecule has 0 aliphatic carbocycles. The number of hydrogen-bond donors (Lipinski definition) is 1. The van der Waals surface area contributed by atoms with Crippen LogP contribution in [0.5, 0.6) is 0 Å². The molecule has 122 valence electrons. The lowest BCUT2D eigenvalue weighted by atomic mass is 10.1. The second kappa shape index (κ2) is 8.12. The third kappa shape index (κ3) is 5.37. The van der Waals surface area contributed by atoms with Crippen molar-refractivity contribution < 1.29 is 4.92 Å². The van der Waals surface area contributed by atoms with Gasteiger partial charge in [-0.15, -0.1) is 11.8 Å². The molecule has 1 unspecified atom stereocenters. The van der Waals surface area contributed by atoms with Crippen LogP contribution in [0.1, 0.15) is 18.1 Å². The Morgan fingerprint density at radius 1 is 1.35 bits per heavy atom. The molecular weight excluding hydrogens is 336 g/mol. The topological polar surface area (TPSA) is 81.0 Å². The Labute approximate surface area is 143 Å². The van der Waals surface area contributed by atoms with Gasteiger partial charge in [0.15, 0.2) is 0 Å². The van der Waals surface area contributed by atoms with Crippen LogP contribution in [0.2, 0.25) is 5.15 Å². The average Bonchev–Trinajstić information content (AvgIpc) is 2.49. The fourth-order valence-electron chi connectivity index (χ4n) is 1.92. The molecule has 2 aromatic rings. The van der Waals surface area contributed by atoms with E-state index >= 15 is 0 Å². The first-order valence-corrected chi connectivity index (χ1v) is 8.30. The molecule has 1 N–H and O–H groups in total. The van der Waals surface area contributed by atoms with Crippen LogP contribution in [0.4, 0.5) is 5.82 Å². The van der Waals surface area contributed by atoms with Gasteiger partial charge in [-0.05, 0) is 19.4 Å². The van der Waals surface area contributed by atoms with Gasteiger partial charge in [0.1, 0.15) is 17.3 Å². The summed E-state index contributed by atoms with van der Waals surface area (Å²) >= 11 is 7.43. The molecule has 0 aliphatic rings. The lowest BCUT2D eigenvalue weighted by Crippen LogP contribution is -2.13. The number of hydrogen-bond acceptors (Lipinski definition) is 6. The molecule has 0 aliphatic heterocycles. The second-order valence-electron chi connectivity index (χ2n) is 5.13. The Kier molecular flexibility index (Phi) is 6.18. The van der Waals surface area contributed by atoms with Gasteiger partial charge in [-0.25, -0.2) is 9.97 Å². The summed E-state index contributed by atoms with van der Waals surface area (Å²) in [6.45, 7) is 4.26. The molecule has 0 saturated carbocycles. The van der Waals surface area contributed by atoms with Gasteiger partial charge in [-0.2, -0.15) is 0 Å². The number of aryl methyl sites for hydroxylation is 1. The number of nitro groups is 1. The van der Waals surface area contributed by atoms with E-state index in [9.17, 15) is 10.1 Å². The van der Waals surface area contributed by atoms with Gasteiger partial charge in [0, 0.05) is 11.5 Å². The molecule has 1 atom stereocenters. The fourth-order valence-corrected chi connectivity index (χ4v) is 3.17. The van der Waals surface area contributed by atoms with E-state index in [2.05, 4.69) is 15.3 Å². The van der Waals surface area contributed by atoms with E-state index in [-0.39, 0.29) is 16.7 Å². The van der Waals surface area contributed by atoms with Crippen molar-refractivity contribution in [2.24, 2.45) is 0 Å². The minimum absolute atomic E-state index is 0.146. The summed E-state index contributed by atoms with van der Waals surface area (Å²) in [5.74, 6) is 0.589. The van der Waals surface area contributed by atoms with Crippen LogP contribution < -0.4 is 5.32 Å². The third-order valence-electron chi connectivity index (χ3n) is 3.07. The van der Waals surface area contributed by atoms with Crippen LogP contribution in [-0.2, 0) is 6.54 Å². The highest BCUT2D eigenvalue weighted by atomic mass is 35.5. The highest BCUT2D eigenvalue weighted by Crippen LogP contribution is 2.34. The van der Waals surface area contributed by atoms with Crippen molar-refractivity contribution in [3.05, 3.63) is 57.0 Å². The first-order chi connectivity index (χ1) is 11.0. The molecule has 0 radical (unpaired) electrons. The van der Waals surface area contributed by atoms with Crippen LogP contribution in [-0.4, -0.2) is 26.7 Å². The molecule has 1 aromatic heterocycles. The minimum Gasteiger partial charge on any atom is -0.365 e. The predicted molar refractivity (Wildman–Crippen MR) is 92.7 cm³/mol. The summed E-state index contributed by atoms with van der Waals surface area (Å²) in [5.41, 5.74) is 2.31. The Hall–Kier alpha value is -1.86. The van der Waals surface area contributed by atoms with Gasteiger partial charge >= 0.3 is 0 Å². The van der Waals surface area contributed by atoms with E-state index in [0.29, 0.717) is 22.4 Å². The number of anilines is 1. The fraction of sp³-hybridized carbons (Fsp3) is 0.333. The van der Waals surface area contributed by atoms with E-state index in [0.717, 1.165) is 5.56 Å². The number of rotatable bonds is 7. The summed E-state index contributed by atoms with van der Waals surface area (Å²) in [5, 5.41) is 13.9. The number of nitrogens with zero attached hydrogens (tertiary/aromatic N) is 3. The van der Waals surface area contributed by atoms with E-state index in [1.165, 1.54) is 23.7 Å². The van der Waals surface area contributed by atoms with Crippen molar-refractivity contribution in [1.29, 1.82) is 0 Å². The Bertz CT molecular complexity index is 682. The zero-order valence-electron chi connectivity index (χ0n) is 12.8. The van der Waals surface area contributed by atoms with Gasteiger partial charge in [0.25, 0.3) is 0 Å². The van der Waals surface area contributed by atoms with Crippen molar-refractivity contribution in [3.63, 3.8) is 0 Å². The third-order valence-corrected chi connectivity index (χ3v) is 4.64. The van der Waals surface area contributed by atoms with Gasteiger partial charge in [-0.1, -0.05) is 41.4 Å². The second-order valence-corrected chi connectivity index (χ2v) is 6.93. The summed E-state index contributed by atoms with van der Waals surface area (Å²) in [6, 6.07) is 8.15. The van der Waals surface area contributed by atoms with Gasteiger partial charge in [-0.3, -0.25) is 10.1 Å². The van der Waals surface area contributed by atoms with Crippen molar-refractivity contribution in [2.45, 2.75) is 30.5 Å². The summed E-state index contributed by atoms with van der Waals surface area (Å²) < 4.78 is 0. The number of aromatic nitrogens is 2. The number of halogens is 1. The molecule has 0 saturated heterocycles. The van der Waals surface area contributed by atoms with E-state index in [1.807, 2.05) is 31.2 Å². The molecule has 0 amide bonds. The lowest BCUT2D eigenvalue weighted by molar-refractivity contribution is -0.478. The van der Waals surface area contributed by atoms with Crippen molar-refractivity contribution in [1.82, 2.24) is 9.97 Å². The minimum atomic E-state index is -0.339. The Morgan fingerprint density at radius 2 is 2.04 bits per heavy atom. The molecule has 0 spiro atoms. The molecule has 6 nitrogen and oxygen atoms in total. The normalized spacial score (nSPS) is 12.0. The predicted octanol–water partition coefficient (Wildman–Crippen LogP) is 3.81. The Balaban J connectivity index is 2.10. The average molecular weight is 353 g/mol. The first kappa shape index (κ1) is 17.5. The number of thioether (sulfide) groups is 1. The van der Waals surface area contributed by atoms with Gasteiger partial charge in [0.05, 0.1) is 10.1 Å². The van der Waals surface area contributed by atoms with E-state index < -0.39 is 0 Å². The van der Waals surface area contributed by atoms with Crippen molar-refractivity contribution >= 4 is 29.2 Å². The maximum absolute atomic E-state index is 10.6. The highest BCUT2D eigenvalue weighted by molar-refractivity contribution is 8.00. The zero-order valence-corrected chi connectivity index (χ0v) is 14.4. The highest BCUT2D eigenvalue weighted by Gasteiger charge is 2.17. The molecule has 0 bridgehead atoms. The smallest absolute Gasteiger partial charge is 0.215 e. The number of nitrogens with one attached hydrogen (secondary N) is 1. The summed E-state index contributed by atoms with van der Waals surface area (Å²) in [7, 11) is 0. The Morgan fingerprint density at radius 3 is 2.70 bits per heavy atom. The van der Waals surface area contributed by atoms with Gasteiger partial charge < -0.3 is 5.32 Å². The standard InChI is InChI=1S/C15H17ClN4O2S/c1-10-3-5-12(6-4-10)7-17-15-13(14(16)18-9-19-15)23-11(2)8-20(21)22/h3-6,9,11H,7-8H2,1-2H3,(H,17,18,19). The number of benzene rings is 1. The molecule has 1 heterocycles. The van der Waals surface area contributed by atoms with Crippen LogP contribution in [0, 0.1) is 17.0 Å². The van der Waals surface area contributed by atoms with E-state index in [4.69, 9.17) is 11.6 Å².